The predicted octanol–water partition coefficient (Wildman–Crippen LogP) is 0.916. The summed E-state index contributed by atoms with van der Waals surface area (Å²) in [6, 6.07) is 4.02. The van der Waals surface area contributed by atoms with E-state index in [9.17, 15) is 14.4 Å². The quantitative estimate of drug-likeness (QED) is 0.777. The number of pyridine rings is 1. The fourth-order valence-electron chi connectivity index (χ4n) is 1.94. The molecule has 1 aromatic rings. The molecule has 0 fully saturated rings. The van der Waals surface area contributed by atoms with Gasteiger partial charge in [0.05, 0.1) is 0 Å². The fourth-order valence-corrected chi connectivity index (χ4v) is 1.94. The second-order valence-corrected chi connectivity index (χ2v) is 4.65. The first-order valence-electron chi connectivity index (χ1n) is 6.64. The smallest absolute Gasteiger partial charge is 0.326 e. The zero-order chi connectivity index (χ0) is 15.1. The number of nitrogens with zero attached hydrogens (tertiary/aromatic N) is 1. The molecule has 0 spiro atoms. The Labute approximate surface area is 117 Å². The standard InChI is InChI=1S/C14H20N2O4/c1-3-5-11(14(19)20)15-12(17)8-9-16-10(2)6-4-7-13(16)18/h4,6-7,11H,3,5,8-9H2,1-2H3,(H,15,17)(H,19,20). The molecule has 0 saturated carbocycles. The Balaban J connectivity index is 2.59. The molecule has 1 unspecified atom stereocenters. The fraction of sp³-hybridized carbons (Fsp3) is 0.500. The van der Waals surface area contributed by atoms with E-state index in [-0.39, 0.29) is 24.4 Å². The second kappa shape index (κ2) is 7.47. The number of carboxylic acids is 1. The van der Waals surface area contributed by atoms with Gasteiger partial charge < -0.3 is 15.0 Å². The largest absolute Gasteiger partial charge is 0.480 e. The highest BCUT2D eigenvalue weighted by atomic mass is 16.4. The number of amides is 1. The first-order chi connectivity index (χ1) is 9.45. The minimum Gasteiger partial charge on any atom is -0.480 e. The van der Waals surface area contributed by atoms with E-state index in [2.05, 4.69) is 5.32 Å². The van der Waals surface area contributed by atoms with E-state index in [1.54, 1.807) is 19.1 Å². The third-order valence-electron chi connectivity index (χ3n) is 3.04. The normalized spacial score (nSPS) is 11.9. The number of aliphatic carboxylic acids is 1. The van der Waals surface area contributed by atoms with Crippen molar-refractivity contribution in [3.8, 4) is 0 Å². The van der Waals surface area contributed by atoms with Crippen molar-refractivity contribution < 1.29 is 14.7 Å². The van der Waals surface area contributed by atoms with Gasteiger partial charge >= 0.3 is 5.97 Å². The van der Waals surface area contributed by atoms with E-state index < -0.39 is 12.0 Å². The third kappa shape index (κ3) is 4.53. The van der Waals surface area contributed by atoms with Crippen LogP contribution in [0.25, 0.3) is 0 Å². The van der Waals surface area contributed by atoms with E-state index >= 15 is 0 Å². The van der Waals surface area contributed by atoms with Gasteiger partial charge in [0.2, 0.25) is 5.91 Å². The molecule has 6 heteroatoms. The lowest BCUT2D eigenvalue weighted by molar-refractivity contribution is -0.142. The molecule has 1 heterocycles. The molecular formula is C14H20N2O4. The van der Waals surface area contributed by atoms with Crippen LogP contribution in [0.5, 0.6) is 0 Å². The van der Waals surface area contributed by atoms with Crippen molar-refractivity contribution in [3.05, 3.63) is 34.2 Å². The molecule has 6 nitrogen and oxygen atoms in total. The molecule has 0 bridgehead atoms. The minimum atomic E-state index is -1.03. The van der Waals surface area contributed by atoms with Crippen LogP contribution in [0.2, 0.25) is 0 Å². The van der Waals surface area contributed by atoms with Crippen molar-refractivity contribution in [2.24, 2.45) is 0 Å². The lowest BCUT2D eigenvalue weighted by Gasteiger charge is -2.14. The van der Waals surface area contributed by atoms with Crippen molar-refractivity contribution in [1.82, 2.24) is 9.88 Å². The average Bonchev–Trinajstić information content (AvgIpc) is 2.37. The maximum absolute atomic E-state index is 11.7. The number of nitrogens with one attached hydrogen (secondary N) is 1. The highest BCUT2D eigenvalue weighted by Gasteiger charge is 2.18. The maximum Gasteiger partial charge on any atom is 0.326 e. The summed E-state index contributed by atoms with van der Waals surface area (Å²) >= 11 is 0. The van der Waals surface area contributed by atoms with Gasteiger partial charge in [0.1, 0.15) is 6.04 Å². The lowest BCUT2D eigenvalue weighted by atomic mass is 10.1. The van der Waals surface area contributed by atoms with E-state index in [0.29, 0.717) is 12.8 Å². The van der Waals surface area contributed by atoms with E-state index in [4.69, 9.17) is 5.11 Å². The molecule has 20 heavy (non-hydrogen) atoms. The molecule has 0 saturated heterocycles. The van der Waals surface area contributed by atoms with Crippen LogP contribution >= 0.6 is 0 Å². The maximum atomic E-state index is 11.7. The van der Waals surface area contributed by atoms with Gasteiger partial charge in [-0.25, -0.2) is 4.79 Å². The molecule has 1 rings (SSSR count). The van der Waals surface area contributed by atoms with Gasteiger partial charge in [-0.15, -0.1) is 0 Å². The Morgan fingerprint density at radius 1 is 1.40 bits per heavy atom. The summed E-state index contributed by atoms with van der Waals surface area (Å²) in [5.41, 5.74) is 0.606. The van der Waals surface area contributed by atoms with Gasteiger partial charge in [-0.2, -0.15) is 0 Å². The number of carboxylic acid groups (broad SMARTS) is 1. The number of rotatable bonds is 7. The molecule has 110 valence electrons. The summed E-state index contributed by atoms with van der Waals surface area (Å²) < 4.78 is 1.50. The Hall–Kier alpha value is -2.11. The average molecular weight is 280 g/mol. The first-order valence-corrected chi connectivity index (χ1v) is 6.64. The number of aryl methyl sites for hydroxylation is 1. The van der Waals surface area contributed by atoms with Crippen molar-refractivity contribution in [2.75, 3.05) is 0 Å². The van der Waals surface area contributed by atoms with Crippen molar-refractivity contribution >= 4 is 11.9 Å². The van der Waals surface area contributed by atoms with Crippen LogP contribution in [0.15, 0.2) is 23.0 Å². The van der Waals surface area contributed by atoms with E-state index in [0.717, 1.165) is 5.69 Å². The van der Waals surface area contributed by atoms with Crippen molar-refractivity contribution in [1.29, 1.82) is 0 Å². The summed E-state index contributed by atoms with van der Waals surface area (Å²) in [5.74, 6) is -1.39. The van der Waals surface area contributed by atoms with Crippen LogP contribution in [0.3, 0.4) is 0 Å². The Kier molecular flexibility index (Phi) is 5.96. The van der Waals surface area contributed by atoms with Crippen LogP contribution in [0.4, 0.5) is 0 Å². The van der Waals surface area contributed by atoms with Gasteiger partial charge in [0.25, 0.3) is 5.56 Å². The zero-order valence-corrected chi connectivity index (χ0v) is 11.8. The molecular weight excluding hydrogens is 260 g/mol. The highest BCUT2D eigenvalue weighted by molar-refractivity contribution is 5.83. The van der Waals surface area contributed by atoms with Crippen LogP contribution < -0.4 is 10.9 Å². The number of hydrogen-bond donors (Lipinski definition) is 2. The number of carbonyl (C=O) groups is 2. The SMILES string of the molecule is CCCC(NC(=O)CCn1c(C)cccc1=O)C(=O)O. The Morgan fingerprint density at radius 2 is 2.10 bits per heavy atom. The molecule has 0 radical (unpaired) electrons. The van der Waals surface area contributed by atoms with Crippen molar-refractivity contribution in [2.45, 2.75) is 45.7 Å². The molecule has 1 aromatic heterocycles. The minimum absolute atomic E-state index is 0.0816. The lowest BCUT2D eigenvalue weighted by Crippen LogP contribution is -2.41. The third-order valence-corrected chi connectivity index (χ3v) is 3.04. The van der Waals surface area contributed by atoms with E-state index in [1.807, 2.05) is 6.92 Å². The van der Waals surface area contributed by atoms with Crippen molar-refractivity contribution in [3.63, 3.8) is 0 Å². The van der Waals surface area contributed by atoms with Crippen LogP contribution in [-0.4, -0.2) is 27.6 Å². The topological polar surface area (TPSA) is 88.4 Å². The molecule has 1 amide bonds. The predicted molar refractivity (Wildman–Crippen MR) is 74.5 cm³/mol. The zero-order valence-electron chi connectivity index (χ0n) is 11.8. The molecule has 2 N–H and O–H groups in total. The summed E-state index contributed by atoms with van der Waals surface area (Å²) in [6.07, 6.45) is 1.15. The Bertz CT molecular complexity index is 536. The molecule has 0 aliphatic rings. The first kappa shape index (κ1) is 15.9. The van der Waals surface area contributed by atoms with Gasteiger partial charge in [0.15, 0.2) is 0 Å². The summed E-state index contributed by atoms with van der Waals surface area (Å²) in [6.45, 7) is 3.89. The van der Waals surface area contributed by atoms with Gasteiger partial charge in [0, 0.05) is 24.7 Å². The Morgan fingerprint density at radius 3 is 2.65 bits per heavy atom. The molecule has 1 atom stereocenters. The monoisotopic (exact) mass is 280 g/mol. The molecule has 0 aliphatic heterocycles. The van der Waals surface area contributed by atoms with Crippen LogP contribution in [-0.2, 0) is 16.1 Å². The number of aromatic nitrogens is 1. The van der Waals surface area contributed by atoms with E-state index in [1.165, 1.54) is 10.6 Å². The molecule has 0 aliphatic carbocycles. The summed E-state index contributed by atoms with van der Waals surface area (Å²) in [5, 5.41) is 11.4. The summed E-state index contributed by atoms with van der Waals surface area (Å²) in [7, 11) is 0. The van der Waals surface area contributed by atoms with Gasteiger partial charge in [-0.05, 0) is 19.4 Å². The van der Waals surface area contributed by atoms with Gasteiger partial charge in [-0.1, -0.05) is 19.4 Å². The number of hydrogen-bond acceptors (Lipinski definition) is 3. The summed E-state index contributed by atoms with van der Waals surface area (Å²) in [4.78, 5) is 34.3. The highest BCUT2D eigenvalue weighted by Crippen LogP contribution is 1.99. The van der Waals surface area contributed by atoms with Gasteiger partial charge in [-0.3, -0.25) is 9.59 Å². The number of carbonyl (C=O) groups excluding carboxylic acids is 1. The van der Waals surface area contributed by atoms with Crippen LogP contribution in [0.1, 0.15) is 31.9 Å². The van der Waals surface area contributed by atoms with Crippen LogP contribution in [0, 0.1) is 6.92 Å². The second-order valence-electron chi connectivity index (χ2n) is 4.65. The molecule has 0 aromatic carbocycles.